The standard InChI is InChI=1S/C11H10N2/c1-2-8-4-5-9-6-12-7-13-11(9)10(8)3-1/h4-7H,1-3H2. The van der Waals surface area contributed by atoms with Crippen LogP contribution in [-0.4, -0.2) is 9.97 Å². The fourth-order valence-corrected chi connectivity index (χ4v) is 2.13. The van der Waals surface area contributed by atoms with Crippen LogP contribution in [-0.2, 0) is 12.8 Å². The van der Waals surface area contributed by atoms with Gasteiger partial charge in [0.05, 0.1) is 5.52 Å². The minimum Gasteiger partial charge on any atom is -0.244 e. The summed E-state index contributed by atoms with van der Waals surface area (Å²) in [6.45, 7) is 0. The maximum Gasteiger partial charge on any atom is 0.116 e. The van der Waals surface area contributed by atoms with Gasteiger partial charge in [-0.15, -0.1) is 0 Å². The van der Waals surface area contributed by atoms with Crippen LogP contribution in [0.25, 0.3) is 10.9 Å². The van der Waals surface area contributed by atoms with Gasteiger partial charge >= 0.3 is 0 Å². The molecular formula is C11H10N2. The van der Waals surface area contributed by atoms with Crippen LogP contribution in [0, 0.1) is 0 Å². The van der Waals surface area contributed by atoms with Crippen molar-refractivity contribution >= 4 is 10.9 Å². The second-order valence-electron chi connectivity index (χ2n) is 3.52. The van der Waals surface area contributed by atoms with Gasteiger partial charge in [0.1, 0.15) is 6.33 Å². The first kappa shape index (κ1) is 7.01. The van der Waals surface area contributed by atoms with Crippen molar-refractivity contribution in [2.24, 2.45) is 0 Å². The Morgan fingerprint density at radius 2 is 2.15 bits per heavy atom. The van der Waals surface area contributed by atoms with E-state index < -0.39 is 0 Å². The molecule has 2 heteroatoms. The van der Waals surface area contributed by atoms with Gasteiger partial charge in [0.25, 0.3) is 0 Å². The fraction of sp³-hybridized carbons (Fsp3) is 0.273. The topological polar surface area (TPSA) is 25.8 Å². The summed E-state index contributed by atoms with van der Waals surface area (Å²) in [6, 6.07) is 4.34. The number of aromatic nitrogens is 2. The van der Waals surface area contributed by atoms with Crippen molar-refractivity contribution in [3.63, 3.8) is 0 Å². The predicted octanol–water partition coefficient (Wildman–Crippen LogP) is 2.12. The first-order chi connectivity index (χ1) is 6.45. The third kappa shape index (κ3) is 0.949. The van der Waals surface area contributed by atoms with E-state index in [0.29, 0.717) is 0 Å². The SMILES string of the molecule is c1ncc2ccc3c(c2n1)CCC3. The summed E-state index contributed by atoms with van der Waals surface area (Å²) in [4.78, 5) is 8.37. The lowest BCUT2D eigenvalue weighted by atomic mass is 10.1. The van der Waals surface area contributed by atoms with Gasteiger partial charge in [0.15, 0.2) is 0 Å². The van der Waals surface area contributed by atoms with Gasteiger partial charge in [-0.2, -0.15) is 0 Å². The van der Waals surface area contributed by atoms with E-state index >= 15 is 0 Å². The summed E-state index contributed by atoms with van der Waals surface area (Å²) in [6.07, 6.45) is 7.21. The van der Waals surface area contributed by atoms with E-state index in [-0.39, 0.29) is 0 Å². The molecule has 1 aromatic heterocycles. The van der Waals surface area contributed by atoms with Crippen molar-refractivity contribution in [2.75, 3.05) is 0 Å². The lowest BCUT2D eigenvalue weighted by molar-refractivity contribution is 0.912. The molecule has 1 aliphatic carbocycles. The smallest absolute Gasteiger partial charge is 0.116 e. The second kappa shape index (κ2) is 2.52. The zero-order chi connectivity index (χ0) is 8.67. The van der Waals surface area contributed by atoms with Crippen LogP contribution in [0.15, 0.2) is 24.7 Å². The van der Waals surface area contributed by atoms with Crippen LogP contribution in [0.1, 0.15) is 17.5 Å². The summed E-state index contributed by atoms with van der Waals surface area (Å²) < 4.78 is 0. The molecule has 0 atom stereocenters. The van der Waals surface area contributed by atoms with Crippen molar-refractivity contribution in [2.45, 2.75) is 19.3 Å². The second-order valence-corrected chi connectivity index (χ2v) is 3.52. The Kier molecular flexibility index (Phi) is 1.36. The van der Waals surface area contributed by atoms with Gasteiger partial charge in [-0.25, -0.2) is 9.97 Å². The normalized spacial score (nSPS) is 14.8. The monoisotopic (exact) mass is 170 g/mol. The van der Waals surface area contributed by atoms with Crippen molar-refractivity contribution in [1.82, 2.24) is 9.97 Å². The van der Waals surface area contributed by atoms with Crippen LogP contribution >= 0.6 is 0 Å². The Morgan fingerprint density at radius 3 is 3.15 bits per heavy atom. The van der Waals surface area contributed by atoms with Gasteiger partial charge in [-0.05, 0) is 30.4 Å². The molecule has 0 amide bonds. The molecule has 1 aliphatic rings. The third-order valence-corrected chi connectivity index (χ3v) is 2.75. The first-order valence-corrected chi connectivity index (χ1v) is 4.65. The molecule has 0 N–H and O–H groups in total. The summed E-state index contributed by atoms with van der Waals surface area (Å²) in [5.41, 5.74) is 4.08. The van der Waals surface area contributed by atoms with Gasteiger partial charge < -0.3 is 0 Å². The molecule has 0 saturated heterocycles. The van der Waals surface area contributed by atoms with E-state index in [0.717, 1.165) is 5.52 Å². The molecule has 2 aromatic rings. The maximum absolute atomic E-state index is 4.34. The maximum atomic E-state index is 4.34. The Bertz CT molecular complexity index is 463. The molecule has 1 aromatic carbocycles. The Labute approximate surface area is 76.6 Å². The van der Waals surface area contributed by atoms with E-state index in [9.17, 15) is 0 Å². The van der Waals surface area contributed by atoms with Crippen molar-refractivity contribution in [3.8, 4) is 0 Å². The summed E-state index contributed by atoms with van der Waals surface area (Å²) in [5.74, 6) is 0. The van der Waals surface area contributed by atoms with E-state index in [1.54, 1.807) is 6.33 Å². The molecule has 0 unspecified atom stereocenters. The highest BCUT2D eigenvalue weighted by Gasteiger charge is 2.13. The molecule has 0 bridgehead atoms. The van der Waals surface area contributed by atoms with Gasteiger partial charge in [0, 0.05) is 11.6 Å². The minimum absolute atomic E-state index is 1.16. The van der Waals surface area contributed by atoms with Crippen LogP contribution in [0.5, 0.6) is 0 Å². The molecule has 0 spiro atoms. The largest absolute Gasteiger partial charge is 0.244 e. The van der Waals surface area contributed by atoms with E-state index in [2.05, 4.69) is 22.1 Å². The number of hydrogen-bond acceptors (Lipinski definition) is 2. The van der Waals surface area contributed by atoms with Gasteiger partial charge in [-0.1, -0.05) is 12.1 Å². The Balaban J connectivity index is 2.43. The first-order valence-electron chi connectivity index (χ1n) is 4.65. The van der Waals surface area contributed by atoms with Crippen LogP contribution in [0.2, 0.25) is 0 Å². The zero-order valence-electron chi connectivity index (χ0n) is 7.33. The molecule has 0 aliphatic heterocycles. The number of nitrogens with zero attached hydrogens (tertiary/aromatic N) is 2. The van der Waals surface area contributed by atoms with Gasteiger partial charge in [-0.3, -0.25) is 0 Å². The molecule has 64 valence electrons. The molecule has 13 heavy (non-hydrogen) atoms. The number of benzene rings is 1. The van der Waals surface area contributed by atoms with E-state index in [4.69, 9.17) is 0 Å². The van der Waals surface area contributed by atoms with Crippen molar-refractivity contribution in [3.05, 3.63) is 35.8 Å². The zero-order valence-corrected chi connectivity index (χ0v) is 7.33. The highest BCUT2D eigenvalue weighted by atomic mass is 14.8. The molecule has 2 nitrogen and oxygen atoms in total. The quantitative estimate of drug-likeness (QED) is 0.605. The van der Waals surface area contributed by atoms with Gasteiger partial charge in [0.2, 0.25) is 0 Å². The predicted molar refractivity (Wildman–Crippen MR) is 51.6 cm³/mol. The van der Waals surface area contributed by atoms with E-state index in [1.807, 2.05) is 6.20 Å². The average Bonchev–Trinajstić information content (AvgIpc) is 2.65. The lowest BCUT2D eigenvalue weighted by Gasteiger charge is -2.02. The molecule has 0 fully saturated rings. The summed E-state index contributed by atoms with van der Waals surface area (Å²) in [5, 5.41) is 1.17. The molecule has 1 heterocycles. The third-order valence-electron chi connectivity index (χ3n) is 2.75. The minimum atomic E-state index is 1.16. The summed E-state index contributed by atoms with van der Waals surface area (Å²) in [7, 11) is 0. The number of fused-ring (bicyclic) bond motifs is 3. The van der Waals surface area contributed by atoms with Crippen LogP contribution < -0.4 is 0 Å². The van der Waals surface area contributed by atoms with Crippen LogP contribution in [0.4, 0.5) is 0 Å². The number of aryl methyl sites for hydroxylation is 2. The highest BCUT2D eigenvalue weighted by Crippen LogP contribution is 2.27. The Hall–Kier alpha value is -1.44. The molecule has 0 saturated carbocycles. The number of rotatable bonds is 0. The highest BCUT2D eigenvalue weighted by molar-refractivity contribution is 5.82. The van der Waals surface area contributed by atoms with E-state index in [1.165, 1.54) is 35.8 Å². The van der Waals surface area contributed by atoms with Crippen molar-refractivity contribution < 1.29 is 0 Å². The Morgan fingerprint density at radius 1 is 1.15 bits per heavy atom. The number of hydrogen-bond donors (Lipinski definition) is 0. The molecular weight excluding hydrogens is 160 g/mol. The molecule has 0 radical (unpaired) electrons. The molecule has 3 rings (SSSR count). The van der Waals surface area contributed by atoms with Crippen molar-refractivity contribution in [1.29, 1.82) is 0 Å². The fourth-order valence-electron chi connectivity index (χ4n) is 2.13. The summed E-state index contributed by atoms with van der Waals surface area (Å²) >= 11 is 0. The lowest BCUT2D eigenvalue weighted by Crippen LogP contribution is -1.88. The van der Waals surface area contributed by atoms with Crippen LogP contribution in [0.3, 0.4) is 0 Å². The average molecular weight is 170 g/mol.